The maximum atomic E-state index is 5.82. The third-order valence-electron chi connectivity index (χ3n) is 2.43. The lowest BCUT2D eigenvalue weighted by molar-refractivity contribution is 0.339. The van der Waals surface area contributed by atoms with Gasteiger partial charge in [0.05, 0.1) is 5.01 Å². The summed E-state index contributed by atoms with van der Waals surface area (Å²) in [6.45, 7) is 3.33. The van der Waals surface area contributed by atoms with Gasteiger partial charge in [0, 0.05) is 37.1 Å². The van der Waals surface area contributed by atoms with E-state index < -0.39 is 0 Å². The zero-order valence-electron chi connectivity index (χ0n) is 7.65. The van der Waals surface area contributed by atoms with E-state index in [0.29, 0.717) is 6.04 Å². The van der Waals surface area contributed by atoms with Crippen molar-refractivity contribution in [2.75, 3.05) is 19.6 Å². The maximum absolute atomic E-state index is 5.82. The lowest BCUT2D eigenvalue weighted by atomic mass is 10.3. The van der Waals surface area contributed by atoms with Crippen molar-refractivity contribution in [3.05, 3.63) is 16.6 Å². The van der Waals surface area contributed by atoms with E-state index in [9.17, 15) is 0 Å². The standard InChI is InChI=1S/C9H15N3S/c10-8-1-4-12(7-8)5-2-9-11-3-6-13-9/h3,6,8H,1-2,4-5,7,10H2. The van der Waals surface area contributed by atoms with E-state index in [4.69, 9.17) is 5.73 Å². The largest absolute Gasteiger partial charge is 0.326 e. The van der Waals surface area contributed by atoms with Crippen LogP contribution in [0.15, 0.2) is 11.6 Å². The van der Waals surface area contributed by atoms with E-state index in [0.717, 1.165) is 32.5 Å². The molecule has 0 bridgehead atoms. The number of hydrogen-bond acceptors (Lipinski definition) is 4. The molecule has 1 aromatic heterocycles. The highest BCUT2D eigenvalue weighted by Gasteiger charge is 2.18. The summed E-state index contributed by atoms with van der Waals surface area (Å²) in [6, 6.07) is 0.399. The van der Waals surface area contributed by atoms with Crippen LogP contribution in [0.1, 0.15) is 11.4 Å². The van der Waals surface area contributed by atoms with Gasteiger partial charge in [-0.3, -0.25) is 0 Å². The molecule has 0 radical (unpaired) electrons. The van der Waals surface area contributed by atoms with Crippen LogP contribution in [0.4, 0.5) is 0 Å². The number of nitrogens with zero attached hydrogens (tertiary/aromatic N) is 2. The Balaban J connectivity index is 1.74. The molecule has 4 heteroatoms. The van der Waals surface area contributed by atoms with E-state index in [1.54, 1.807) is 11.3 Å². The fraction of sp³-hybridized carbons (Fsp3) is 0.667. The van der Waals surface area contributed by atoms with Crippen LogP contribution >= 0.6 is 11.3 Å². The van der Waals surface area contributed by atoms with Crippen molar-refractivity contribution in [3.8, 4) is 0 Å². The Morgan fingerprint density at radius 2 is 2.62 bits per heavy atom. The van der Waals surface area contributed by atoms with Crippen LogP contribution in [-0.2, 0) is 6.42 Å². The fourth-order valence-corrected chi connectivity index (χ4v) is 2.31. The third-order valence-corrected chi connectivity index (χ3v) is 3.27. The number of rotatable bonds is 3. The predicted molar refractivity (Wildman–Crippen MR) is 54.9 cm³/mol. The summed E-state index contributed by atoms with van der Waals surface area (Å²) in [5.74, 6) is 0. The van der Waals surface area contributed by atoms with E-state index in [2.05, 4.69) is 9.88 Å². The number of hydrogen-bond donors (Lipinski definition) is 1. The summed E-state index contributed by atoms with van der Waals surface area (Å²) < 4.78 is 0. The Hall–Kier alpha value is -0.450. The lowest BCUT2D eigenvalue weighted by Gasteiger charge is -2.13. The highest BCUT2D eigenvalue weighted by atomic mass is 32.1. The van der Waals surface area contributed by atoms with Crippen molar-refractivity contribution in [1.29, 1.82) is 0 Å². The number of thiazole rings is 1. The molecule has 1 atom stereocenters. The van der Waals surface area contributed by atoms with Crippen molar-refractivity contribution in [3.63, 3.8) is 0 Å². The van der Waals surface area contributed by atoms with E-state index in [1.165, 1.54) is 5.01 Å². The molecule has 2 N–H and O–H groups in total. The second-order valence-corrected chi connectivity index (χ2v) is 4.50. The Bertz CT molecular complexity index is 247. The normalized spacial score (nSPS) is 23.9. The van der Waals surface area contributed by atoms with Gasteiger partial charge in [0.1, 0.15) is 0 Å². The molecule has 0 amide bonds. The molecule has 3 nitrogen and oxygen atoms in total. The van der Waals surface area contributed by atoms with Gasteiger partial charge >= 0.3 is 0 Å². The molecule has 1 aromatic rings. The molecule has 1 unspecified atom stereocenters. The van der Waals surface area contributed by atoms with Crippen LogP contribution in [0.3, 0.4) is 0 Å². The molecule has 1 fully saturated rings. The van der Waals surface area contributed by atoms with Gasteiger partial charge in [-0.1, -0.05) is 0 Å². The summed E-state index contributed by atoms with van der Waals surface area (Å²) in [7, 11) is 0. The average molecular weight is 197 g/mol. The Kier molecular flexibility index (Phi) is 2.93. The predicted octanol–water partition coefficient (Wildman–Crippen LogP) is 0.719. The van der Waals surface area contributed by atoms with Crippen molar-refractivity contribution >= 4 is 11.3 Å². The maximum Gasteiger partial charge on any atom is 0.0937 e. The summed E-state index contributed by atoms with van der Waals surface area (Å²) in [5, 5.41) is 3.27. The monoisotopic (exact) mass is 197 g/mol. The highest BCUT2D eigenvalue weighted by molar-refractivity contribution is 7.09. The van der Waals surface area contributed by atoms with Gasteiger partial charge in [-0.25, -0.2) is 4.98 Å². The molecule has 0 spiro atoms. The third kappa shape index (κ3) is 2.49. The number of nitrogens with two attached hydrogens (primary N) is 1. The fourth-order valence-electron chi connectivity index (χ4n) is 1.70. The first-order valence-electron chi connectivity index (χ1n) is 4.71. The molecule has 72 valence electrons. The van der Waals surface area contributed by atoms with Gasteiger partial charge in [0.25, 0.3) is 0 Å². The van der Waals surface area contributed by atoms with Crippen LogP contribution in [0.25, 0.3) is 0 Å². The van der Waals surface area contributed by atoms with Crippen LogP contribution in [0.5, 0.6) is 0 Å². The minimum Gasteiger partial charge on any atom is -0.326 e. The Morgan fingerprint density at radius 3 is 3.23 bits per heavy atom. The molecule has 13 heavy (non-hydrogen) atoms. The summed E-state index contributed by atoms with van der Waals surface area (Å²) in [5.41, 5.74) is 5.82. The first-order valence-corrected chi connectivity index (χ1v) is 5.59. The number of likely N-dealkylation sites (tertiary alicyclic amines) is 1. The second kappa shape index (κ2) is 4.17. The molecule has 1 saturated heterocycles. The summed E-state index contributed by atoms with van der Waals surface area (Å²) >= 11 is 1.74. The van der Waals surface area contributed by atoms with E-state index in [-0.39, 0.29) is 0 Å². The van der Waals surface area contributed by atoms with Gasteiger partial charge in [-0.15, -0.1) is 11.3 Å². The van der Waals surface area contributed by atoms with Gasteiger partial charge in [-0.2, -0.15) is 0 Å². The zero-order chi connectivity index (χ0) is 9.10. The van der Waals surface area contributed by atoms with Gasteiger partial charge in [-0.05, 0) is 13.0 Å². The zero-order valence-corrected chi connectivity index (χ0v) is 8.46. The minimum atomic E-state index is 0.399. The van der Waals surface area contributed by atoms with Crippen LogP contribution < -0.4 is 5.73 Å². The van der Waals surface area contributed by atoms with E-state index in [1.807, 2.05) is 11.6 Å². The molecular formula is C9H15N3S. The summed E-state index contributed by atoms with van der Waals surface area (Å²) in [6.07, 6.45) is 4.10. The number of aromatic nitrogens is 1. The van der Waals surface area contributed by atoms with Crippen molar-refractivity contribution in [1.82, 2.24) is 9.88 Å². The van der Waals surface area contributed by atoms with Crippen molar-refractivity contribution in [2.45, 2.75) is 18.9 Å². The first-order chi connectivity index (χ1) is 6.34. The molecule has 0 saturated carbocycles. The molecule has 0 aromatic carbocycles. The molecule has 2 heterocycles. The van der Waals surface area contributed by atoms with Gasteiger partial charge in [0.15, 0.2) is 0 Å². The molecule has 1 aliphatic heterocycles. The second-order valence-electron chi connectivity index (χ2n) is 3.53. The summed E-state index contributed by atoms with van der Waals surface area (Å²) in [4.78, 5) is 6.68. The lowest BCUT2D eigenvalue weighted by Crippen LogP contribution is -2.28. The Labute approximate surface area is 82.6 Å². The molecular weight excluding hydrogens is 182 g/mol. The van der Waals surface area contributed by atoms with Gasteiger partial charge in [0.2, 0.25) is 0 Å². The smallest absolute Gasteiger partial charge is 0.0937 e. The van der Waals surface area contributed by atoms with Gasteiger partial charge < -0.3 is 10.6 Å². The van der Waals surface area contributed by atoms with E-state index >= 15 is 0 Å². The molecule has 2 rings (SSSR count). The van der Waals surface area contributed by atoms with Crippen molar-refractivity contribution in [2.24, 2.45) is 5.73 Å². The quantitative estimate of drug-likeness (QED) is 0.776. The van der Waals surface area contributed by atoms with Crippen molar-refractivity contribution < 1.29 is 0 Å². The van der Waals surface area contributed by atoms with Crippen LogP contribution in [-0.4, -0.2) is 35.6 Å². The van der Waals surface area contributed by atoms with Crippen LogP contribution in [0.2, 0.25) is 0 Å². The highest BCUT2D eigenvalue weighted by Crippen LogP contribution is 2.10. The SMILES string of the molecule is NC1CCN(CCc2nccs2)C1. The molecule has 1 aliphatic rings. The first kappa shape index (κ1) is 9.12. The minimum absolute atomic E-state index is 0.399. The Morgan fingerprint density at radius 1 is 1.69 bits per heavy atom. The topological polar surface area (TPSA) is 42.1 Å². The average Bonchev–Trinajstić information content (AvgIpc) is 2.71. The van der Waals surface area contributed by atoms with Crippen LogP contribution in [0, 0.1) is 0 Å². The molecule has 0 aliphatic carbocycles.